The van der Waals surface area contributed by atoms with Gasteiger partial charge in [-0.05, 0) is 41.7 Å². The number of carbonyl (C=O) groups is 2. The lowest BCUT2D eigenvalue weighted by atomic mass is 10.0. The van der Waals surface area contributed by atoms with Crippen molar-refractivity contribution in [2.75, 3.05) is 27.2 Å². The van der Waals surface area contributed by atoms with Crippen LogP contribution < -0.4 is 0 Å². The molecule has 0 N–H and O–H groups in total. The number of amides is 2. The number of likely N-dealkylation sites (N-methyl/N-ethyl adjacent to an activating group) is 1. The Morgan fingerprint density at radius 2 is 1.56 bits per heavy atom. The van der Waals surface area contributed by atoms with Crippen molar-refractivity contribution in [1.82, 2.24) is 9.80 Å². The van der Waals surface area contributed by atoms with Crippen molar-refractivity contribution in [2.24, 2.45) is 0 Å². The van der Waals surface area contributed by atoms with Crippen LogP contribution in [0, 0.1) is 0 Å². The molecule has 1 heterocycles. The molecule has 2 aromatic rings. The molecule has 0 radical (unpaired) electrons. The molecule has 1 aliphatic heterocycles. The van der Waals surface area contributed by atoms with Crippen molar-refractivity contribution in [1.29, 1.82) is 0 Å². The number of nitrogens with zero attached hydrogens (tertiary/aromatic N) is 2. The lowest BCUT2D eigenvalue weighted by Gasteiger charge is -2.20. The molecule has 2 aromatic carbocycles. The molecule has 4 heteroatoms. The molecular formula is C23H28N2O2. The normalized spacial score (nSPS) is 14.5. The number of hydrogen-bond donors (Lipinski definition) is 0. The number of likely N-dealkylation sites (tertiary alicyclic amines) is 1. The van der Waals surface area contributed by atoms with E-state index in [0.717, 1.165) is 48.2 Å². The maximum atomic E-state index is 12.9. The van der Waals surface area contributed by atoms with Gasteiger partial charge in [0.2, 0.25) is 5.91 Å². The lowest BCUT2D eigenvalue weighted by molar-refractivity contribution is -0.127. The summed E-state index contributed by atoms with van der Waals surface area (Å²) < 4.78 is 0. The Morgan fingerprint density at radius 3 is 2.19 bits per heavy atom. The maximum absolute atomic E-state index is 12.9. The third-order valence-corrected chi connectivity index (χ3v) is 5.14. The molecule has 142 valence electrons. The van der Waals surface area contributed by atoms with E-state index in [-0.39, 0.29) is 11.8 Å². The molecule has 1 fully saturated rings. The molecule has 3 rings (SSSR count). The summed E-state index contributed by atoms with van der Waals surface area (Å²) in [6.45, 7) is 1.72. The Kier molecular flexibility index (Phi) is 6.28. The second kappa shape index (κ2) is 8.85. The molecule has 0 aliphatic carbocycles. The quantitative estimate of drug-likeness (QED) is 0.823. The predicted molar refractivity (Wildman–Crippen MR) is 109 cm³/mol. The molecule has 2 amide bonds. The first-order chi connectivity index (χ1) is 13.0. The largest absolute Gasteiger partial charge is 0.349 e. The van der Waals surface area contributed by atoms with Gasteiger partial charge >= 0.3 is 0 Å². The minimum Gasteiger partial charge on any atom is -0.349 e. The van der Waals surface area contributed by atoms with Crippen molar-refractivity contribution in [3.05, 3.63) is 59.7 Å². The van der Waals surface area contributed by atoms with Gasteiger partial charge in [-0.3, -0.25) is 9.59 Å². The molecule has 0 unspecified atom stereocenters. The minimum atomic E-state index is 0.0905. The van der Waals surface area contributed by atoms with Crippen LogP contribution in [0.3, 0.4) is 0 Å². The van der Waals surface area contributed by atoms with Crippen molar-refractivity contribution >= 4 is 11.8 Å². The van der Waals surface area contributed by atoms with Crippen LogP contribution in [0.4, 0.5) is 0 Å². The fourth-order valence-corrected chi connectivity index (χ4v) is 3.44. The highest BCUT2D eigenvalue weighted by atomic mass is 16.2. The van der Waals surface area contributed by atoms with Crippen LogP contribution in [0.15, 0.2) is 48.5 Å². The standard InChI is InChI=1S/C23H28N2O2/c1-24(2)22(26)16-18-10-12-19(13-11-18)20-8-7-9-21(17-20)23(27)25-14-5-3-4-6-15-25/h7-13,17H,3-6,14-16H2,1-2H3. The average molecular weight is 364 g/mol. The highest BCUT2D eigenvalue weighted by Gasteiger charge is 2.17. The van der Waals surface area contributed by atoms with Crippen LogP contribution in [0.5, 0.6) is 0 Å². The Hall–Kier alpha value is -2.62. The third kappa shape index (κ3) is 4.97. The summed E-state index contributed by atoms with van der Waals surface area (Å²) in [5, 5.41) is 0. The molecule has 1 saturated heterocycles. The zero-order valence-corrected chi connectivity index (χ0v) is 16.3. The van der Waals surface area contributed by atoms with E-state index in [1.165, 1.54) is 12.8 Å². The summed E-state index contributed by atoms with van der Waals surface area (Å²) >= 11 is 0. The van der Waals surface area contributed by atoms with Gasteiger partial charge in [0.15, 0.2) is 0 Å². The van der Waals surface area contributed by atoms with Gasteiger partial charge in [0.05, 0.1) is 6.42 Å². The molecular weight excluding hydrogens is 336 g/mol. The Morgan fingerprint density at radius 1 is 0.889 bits per heavy atom. The fourth-order valence-electron chi connectivity index (χ4n) is 3.44. The van der Waals surface area contributed by atoms with Gasteiger partial charge in [-0.1, -0.05) is 49.2 Å². The van der Waals surface area contributed by atoms with Gasteiger partial charge in [-0.2, -0.15) is 0 Å². The van der Waals surface area contributed by atoms with Crippen LogP contribution >= 0.6 is 0 Å². The second-order valence-electron chi connectivity index (χ2n) is 7.45. The molecule has 0 bridgehead atoms. The van der Waals surface area contributed by atoms with E-state index >= 15 is 0 Å². The van der Waals surface area contributed by atoms with Gasteiger partial charge in [-0.25, -0.2) is 0 Å². The summed E-state index contributed by atoms with van der Waals surface area (Å²) in [5.41, 5.74) is 3.83. The van der Waals surface area contributed by atoms with Crippen molar-refractivity contribution in [3.8, 4) is 11.1 Å². The molecule has 0 aromatic heterocycles. The van der Waals surface area contributed by atoms with Gasteiger partial charge < -0.3 is 9.80 Å². The minimum absolute atomic E-state index is 0.0905. The molecule has 4 nitrogen and oxygen atoms in total. The molecule has 0 saturated carbocycles. The van der Waals surface area contributed by atoms with E-state index in [1.807, 2.05) is 53.4 Å². The summed E-state index contributed by atoms with van der Waals surface area (Å²) in [6, 6.07) is 15.9. The SMILES string of the molecule is CN(C)C(=O)Cc1ccc(-c2cccc(C(=O)N3CCCCCC3)c2)cc1. The smallest absolute Gasteiger partial charge is 0.253 e. The van der Waals surface area contributed by atoms with E-state index in [2.05, 4.69) is 0 Å². The van der Waals surface area contributed by atoms with Crippen LogP contribution in [0.25, 0.3) is 11.1 Å². The van der Waals surface area contributed by atoms with E-state index in [9.17, 15) is 9.59 Å². The van der Waals surface area contributed by atoms with Crippen molar-refractivity contribution < 1.29 is 9.59 Å². The molecule has 1 aliphatic rings. The van der Waals surface area contributed by atoms with Crippen LogP contribution in [0.2, 0.25) is 0 Å². The predicted octanol–water partition coefficient (Wildman–Crippen LogP) is 4.00. The molecule has 27 heavy (non-hydrogen) atoms. The van der Waals surface area contributed by atoms with Crippen LogP contribution in [-0.2, 0) is 11.2 Å². The van der Waals surface area contributed by atoms with Gasteiger partial charge in [0, 0.05) is 32.7 Å². The Bertz CT molecular complexity index is 788. The first-order valence-electron chi connectivity index (χ1n) is 9.73. The Labute approximate surface area is 161 Å². The average Bonchev–Trinajstić information content (AvgIpc) is 2.97. The van der Waals surface area contributed by atoms with Crippen molar-refractivity contribution in [2.45, 2.75) is 32.1 Å². The summed E-state index contributed by atoms with van der Waals surface area (Å²) in [4.78, 5) is 28.3. The summed E-state index contributed by atoms with van der Waals surface area (Å²) in [6.07, 6.45) is 5.02. The molecule has 0 atom stereocenters. The second-order valence-corrected chi connectivity index (χ2v) is 7.45. The maximum Gasteiger partial charge on any atom is 0.253 e. The summed E-state index contributed by atoms with van der Waals surface area (Å²) in [7, 11) is 3.53. The van der Waals surface area contributed by atoms with E-state index in [0.29, 0.717) is 6.42 Å². The topological polar surface area (TPSA) is 40.6 Å². The third-order valence-electron chi connectivity index (χ3n) is 5.14. The van der Waals surface area contributed by atoms with Crippen molar-refractivity contribution in [3.63, 3.8) is 0 Å². The monoisotopic (exact) mass is 364 g/mol. The number of rotatable bonds is 4. The highest BCUT2D eigenvalue weighted by molar-refractivity contribution is 5.95. The number of hydrogen-bond acceptors (Lipinski definition) is 2. The van der Waals surface area contributed by atoms with E-state index < -0.39 is 0 Å². The highest BCUT2D eigenvalue weighted by Crippen LogP contribution is 2.23. The lowest BCUT2D eigenvalue weighted by Crippen LogP contribution is -2.31. The van der Waals surface area contributed by atoms with Crippen LogP contribution in [-0.4, -0.2) is 48.8 Å². The zero-order chi connectivity index (χ0) is 19.2. The fraction of sp³-hybridized carbons (Fsp3) is 0.391. The first kappa shape index (κ1) is 19.2. The van der Waals surface area contributed by atoms with Gasteiger partial charge in [-0.15, -0.1) is 0 Å². The van der Waals surface area contributed by atoms with Gasteiger partial charge in [0.25, 0.3) is 5.91 Å². The first-order valence-corrected chi connectivity index (χ1v) is 9.73. The molecule has 0 spiro atoms. The Balaban J connectivity index is 1.75. The number of carbonyl (C=O) groups excluding carboxylic acids is 2. The number of benzene rings is 2. The van der Waals surface area contributed by atoms with Gasteiger partial charge in [0.1, 0.15) is 0 Å². The zero-order valence-electron chi connectivity index (χ0n) is 16.3. The van der Waals surface area contributed by atoms with Crippen LogP contribution in [0.1, 0.15) is 41.6 Å². The summed E-state index contributed by atoms with van der Waals surface area (Å²) in [5.74, 6) is 0.222. The van der Waals surface area contributed by atoms with E-state index in [4.69, 9.17) is 0 Å². The van der Waals surface area contributed by atoms with E-state index in [1.54, 1.807) is 19.0 Å².